The normalized spacial score (nSPS) is 19.9. The van der Waals surface area contributed by atoms with E-state index in [-0.39, 0.29) is 11.7 Å². The fraction of sp³-hybridized carbons (Fsp3) is 0.364. The summed E-state index contributed by atoms with van der Waals surface area (Å²) in [5.41, 5.74) is 1.59. The van der Waals surface area contributed by atoms with Crippen molar-refractivity contribution in [2.24, 2.45) is 5.92 Å². The number of nitriles is 1. The van der Waals surface area contributed by atoms with Crippen LogP contribution in [0.2, 0.25) is 0 Å². The first-order valence-corrected chi connectivity index (χ1v) is 4.68. The van der Waals surface area contributed by atoms with Crippen LogP contribution in [0.15, 0.2) is 18.3 Å². The van der Waals surface area contributed by atoms with E-state index in [1.54, 1.807) is 6.20 Å². The van der Waals surface area contributed by atoms with Gasteiger partial charge < -0.3 is 0 Å². The van der Waals surface area contributed by atoms with Gasteiger partial charge in [-0.25, -0.2) is 0 Å². The first-order valence-electron chi connectivity index (χ1n) is 4.68. The molecule has 0 aromatic carbocycles. The summed E-state index contributed by atoms with van der Waals surface area (Å²) < 4.78 is 0. The van der Waals surface area contributed by atoms with E-state index < -0.39 is 0 Å². The largest absolute Gasteiger partial charge is 0.292 e. The molecule has 0 spiro atoms. The lowest BCUT2D eigenvalue weighted by atomic mass is 9.84. The Balaban J connectivity index is 2.33. The Morgan fingerprint density at radius 1 is 1.64 bits per heavy atom. The van der Waals surface area contributed by atoms with E-state index >= 15 is 0 Å². The highest BCUT2D eigenvalue weighted by Crippen LogP contribution is 2.25. The SMILES string of the molecule is N#CCC1CCc2cccnc2C1=O. The standard InChI is InChI=1S/C11H10N2O/c12-6-5-9-4-3-8-2-1-7-13-10(8)11(9)14/h1-2,7,9H,3-5H2. The molecule has 1 heterocycles. The maximum atomic E-state index is 11.8. The van der Waals surface area contributed by atoms with Crippen LogP contribution in [0.1, 0.15) is 28.9 Å². The van der Waals surface area contributed by atoms with Gasteiger partial charge in [0.2, 0.25) is 0 Å². The fourth-order valence-electron chi connectivity index (χ4n) is 1.82. The van der Waals surface area contributed by atoms with Gasteiger partial charge in [-0.05, 0) is 24.5 Å². The molecule has 0 fully saturated rings. The van der Waals surface area contributed by atoms with Gasteiger partial charge in [0, 0.05) is 18.5 Å². The molecule has 0 N–H and O–H groups in total. The van der Waals surface area contributed by atoms with Crippen molar-refractivity contribution in [2.45, 2.75) is 19.3 Å². The third-order valence-electron chi connectivity index (χ3n) is 2.60. The average Bonchev–Trinajstić information content (AvgIpc) is 2.23. The maximum absolute atomic E-state index is 11.8. The minimum Gasteiger partial charge on any atom is -0.292 e. The summed E-state index contributed by atoms with van der Waals surface area (Å²) in [4.78, 5) is 15.9. The number of hydrogen-bond acceptors (Lipinski definition) is 3. The molecule has 0 saturated carbocycles. The van der Waals surface area contributed by atoms with Crippen LogP contribution < -0.4 is 0 Å². The highest BCUT2D eigenvalue weighted by atomic mass is 16.1. The van der Waals surface area contributed by atoms with Crippen LogP contribution >= 0.6 is 0 Å². The number of aryl methyl sites for hydroxylation is 1. The zero-order chi connectivity index (χ0) is 9.97. The van der Waals surface area contributed by atoms with Gasteiger partial charge in [-0.2, -0.15) is 5.26 Å². The molecule has 0 bridgehead atoms. The Kier molecular flexibility index (Phi) is 2.28. The number of rotatable bonds is 1. The number of pyridine rings is 1. The van der Waals surface area contributed by atoms with E-state index in [2.05, 4.69) is 11.1 Å². The quantitative estimate of drug-likeness (QED) is 0.671. The lowest BCUT2D eigenvalue weighted by Crippen LogP contribution is -2.23. The number of carbonyl (C=O) groups excluding carboxylic acids is 1. The number of aromatic nitrogens is 1. The van der Waals surface area contributed by atoms with Crippen molar-refractivity contribution in [3.63, 3.8) is 0 Å². The molecule has 0 saturated heterocycles. The molecule has 1 unspecified atom stereocenters. The van der Waals surface area contributed by atoms with Crippen molar-refractivity contribution in [2.75, 3.05) is 0 Å². The van der Waals surface area contributed by atoms with Crippen LogP contribution in [0.5, 0.6) is 0 Å². The van der Waals surface area contributed by atoms with E-state index in [4.69, 9.17) is 5.26 Å². The zero-order valence-electron chi connectivity index (χ0n) is 7.73. The molecule has 14 heavy (non-hydrogen) atoms. The summed E-state index contributed by atoms with van der Waals surface area (Å²) in [6, 6.07) is 5.83. The summed E-state index contributed by atoms with van der Waals surface area (Å²) >= 11 is 0. The highest BCUT2D eigenvalue weighted by molar-refractivity contribution is 5.98. The van der Waals surface area contributed by atoms with Crippen LogP contribution in [-0.4, -0.2) is 10.8 Å². The summed E-state index contributed by atoms with van der Waals surface area (Å²) in [5.74, 6) is -0.101. The van der Waals surface area contributed by atoms with Crippen molar-refractivity contribution >= 4 is 5.78 Å². The van der Waals surface area contributed by atoms with Gasteiger partial charge in [0.25, 0.3) is 0 Å². The molecule has 1 aromatic rings. The molecule has 3 heteroatoms. The Morgan fingerprint density at radius 2 is 2.50 bits per heavy atom. The fourth-order valence-corrected chi connectivity index (χ4v) is 1.82. The summed E-state index contributed by atoms with van der Waals surface area (Å²) in [6.07, 6.45) is 3.59. The van der Waals surface area contributed by atoms with Crippen molar-refractivity contribution in [1.82, 2.24) is 4.98 Å². The number of hydrogen-bond donors (Lipinski definition) is 0. The average molecular weight is 186 g/mol. The van der Waals surface area contributed by atoms with Crippen LogP contribution in [-0.2, 0) is 6.42 Å². The first kappa shape index (κ1) is 8.89. The molecule has 0 radical (unpaired) electrons. The molecule has 2 rings (SSSR count). The van der Waals surface area contributed by atoms with Crippen LogP contribution in [0.3, 0.4) is 0 Å². The monoisotopic (exact) mass is 186 g/mol. The van der Waals surface area contributed by atoms with Gasteiger partial charge in [0.05, 0.1) is 6.07 Å². The smallest absolute Gasteiger partial charge is 0.185 e. The molecule has 0 aliphatic heterocycles. The predicted octanol–water partition coefficient (Wildman–Crippen LogP) is 1.74. The molecular weight excluding hydrogens is 176 g/mol. The summed E-state index contributed by atoms with van der Waals surface area (Å²) in [6.45, 7) is 0. The molecule has 1 aliphatic carbocycles. The predicted molar refractivity (Wildman–Crippen MR) is 50.6 cm³/mol. The maximum Gasteiger partial charge on any atom is 0.185 e. The first-order chi connectivity index (χ1) is 6.83. The second-order valence-corrected chi connectivity index (χ2v) is 3.47. The van der Waals surface area contributed by atoms with E-state index in [0.29, 0.717) is 12.1 Å². The Morgan fingerprint density at radius 3 is 3.29 bits per heavy atom. The van der Waals surface area contributed by atoms with Gasteiger partial charge in [-0.1, -0.05) is 6.07 Å². The molecule has 1 aliphatic rings. The third-order valence-corrected chi connectivity index (χ3v) is 2.60. The molecule has 1 atom stereocenters. The Bertz CT molecular complexity index is 406. The number of nitrogens with zero attached hydrogens (tertiary/aromatic N) is 2. The summed E-state index contributed by atoms with van der Waals surface area (Å²) in [5, 5.41) is 8.56. The zero-order valence-corrected chi connectivity index (χ0v) is 7.73. The van der Waals surface area contributed by atoms with Gasteiger partial charge >= 0.3 is 0 Å². The van der Waals surface area contributed by atoms with Gasteiger partial charge in [-0.15, -0.1) is 0 Å². The van der Waals surface area contributed by atoms with E-state index in [9.17, 15) is 4.79 Å². The highest BCUT2D eigenvalue weighted by Gasteiger charge is 2.27. The van der Waals surface area contributed by atoms with E-state index in [1.165, 1.54) is 0 Å². The van der Waals surface area contributed by atoms with Crippen LogP contribution in [0.25, 0.3) is 0 Å². The molecule has 70 valence electrons. The molecule has 3 nitrogen and oxygen atoms in total. The molecule has 1 aromatic heterocycles. The van der Waals surface area contributed by atoms with Gasteiger partial charge in [0.15, 0.2) is 5.78 Å². The number of Topliss-reactive ketones (excluding diaryl/α,β-unsaturated/α-hetero) is 1. The van der Waals surface area contributed by atoms with E-state index in [1.807, 2.05) is 12.1 Å². The lowest BCUT2D eigenvalue weighted by molar-refractivity contribution is 0.0898. The number of fused-ring (bicyclic) bond motifs is 1. The molecular formula is C11H10N2O. The van der Waals surface area contributed by atoms with Gasteiger partial charge in [0.1, 0.15) is 5.69 Å². The topological polar surface area (TPSA) is 53.8 Å². The van der Waals surface area contributed by atoms with Crippen molar-refractivity contribution in [3.8, 4) is 6.07 Å². The minimum atomic E-state index is -0.137. The Hall–Kier alpha value is -1.69. The Labute approximate surface area is 82.4 Å². The van der Waals surface area contributed by atoms with Crippen molar-refractivity contribution < 1.29 is 4.79 Å². The van der Waals surface area contributed by atoms with Gasteiger partial charge in [-0.3, -0.25) is 9.78 Å². The van der Waals surface area contributed by atoms with Crippen LogP contribution in [0.4, 0.5) is 0 Å². The minimum absolute atomic E-state index is 0.0356. The lowest BCUT2D eigenvalue weighted by Gasteiger charge is -2.19. The van der Waals surface area contributed by atoms with Crippen molar-refractivity contribution in [3.05, 3.63) is 29.6 Å². The molecule has 0 amide bonds. The van der Waals surface area contributed by atoms with E-state index in [0.717, 1.165) is 18.4 Å². The number of ketones is 1. The van der Waals surface area contributed by atoms with Crippen molar-refractivity contribution in [1.29, 1.82) is 5.26 Å². The second kappa shape index (κ2) is 3.59. The summed E-state index contributed by atoms with van der Waals surface area (Å²) in [7, 11) is 0. The second-order valence-electron chi connectivity index (χ2n) is 3.47. The van der Waals surface area contributed by atoms with Crippen LogP contribution in [0, 0.1) is 17.2 Å². The number of carbonyl (C=O) groups is 1. The third kappa shape index (κ3) is 1.39.